The molecule has 1 aliphatic heterocycles. The summed E-state index contributed by atoms with van der Waals surface area (Å²) in [6, 6.07) is 4.81. The molecule has 0 spiro atoms. The lowest BCUT2D eigenvalue weighted by Gasteiger charge is -2.39. The molecule has 0 N–H and O–H groups in total. The van der Waals surface area contributed by atoms with Crippen LogP contribution in [0.3, 0.4) is 0 Å². The van der Waals surface area contributed by atoms with E-state index in [1.165, 1.54) is 14.2 Å². The first-order valence-electron chi connectivity index (χ1n) is 8.32. The number of rotatable bonds is 6. The molecule has 132 valence electrons. The lowest BCUT2D eigenvalue weighted by Crippen LogP contribution is -2.57. The van der Waals surface area contributed by atoms with Crippen LogP contribution in [0.15, 0.2) is 18.2 Å². The molecule has 1 fully saturated rings. The quantitative estimate of drug-likeness (QED) is 0.800. The largest absolute Gasteiger partial charge is 0.493 e. The van der Waals surface area contributed by atoms with Gasteiger partial charge in [-0.3, -0.25) is 9.59 Å². The van der Waals surface area contributed by atoms with Crippen molar-refractivity contribution < 1.29 is 19.1 Å². The molecule has 1 aliphatic rings. The van der Waals surface area contributed by atoms with Gasteiger partial charge < -0.3 is 19.3 Å². The zero-order valence-corrected chi connectivity index (χ0v) is 14.9. The standard InChI is InChI=1S/C18H26N2O4/c1-5-6-9-14-18(22)19(2)11-12-20(14)17(21)13-8-7-10-15(23-3)16(13)24-4/h7-8,10,14H,5-6,9,11-12H2,1-4H3/t14-/m0/s1. The van der Waals surface area contributed by atoms with Gasteiger partial charge in [-0.15, -0.1) is 0 Å². The number of para-hydroxylation sites is 1. The molecule has 6 nitrogen and oxygen atoms in total. The SMILES string of the molecule is CCCC[C@H]1C(=O)N(C)CCN1C(=O)c1cccc(OC)c1OC. The highest BCUT2D eigenvalue weighted by molar-refractivity contribution is 6.00. The molecule has 0 saturated carbocycles. The highest BCUT2D eigenvalue weighted by atomic mass is 16.5. The van der Waals surface area contributed by atoms with E-state index in [0.717, 1.165) is 12.8 Å². The molecule has 0 bridgehead atoms. The summed E-state index contributed by atoms with van der Waals surface area (Å²) in [6.07, 6.45) is 2.57. The first-order valence-corrected chi connectivity index (χ1v) is 8.32. The van der Waals surface area contributed by atoms with Crippen molar-refractivity contribution in [3.05, 3.63) is 23.8 Å². The van der Waals surface area contributed by atoms with Crippen molar-refractivity contribution in [3.63, 3.8) is 0 Å². The third kappa shape index (κ3) is 3.47. The lowest BCUT2D eigenvalue weighted by molar-refractivity contribution is -0.138. The zero-order chi connectivity index (χ0) is 17.7. The molecule has 0 unspecified atom stereocenters. The van der Waals surface area contributed by atoms with E-state index >= 15 is 0 Å². The first kappa shape index (κ1) is 18.1. The van der Waals surface area contributed by atoms with Crippen molar-refractivity contribution in [1.29, 1.82) is 0 Å². The van der Waals surface area contributed by atoms with E-state index < -0.39 is 6.04 Å². The van der Waals surface area contributed by atoms with E-state index in [9.17, 15) is 9.59 Å². The van der Waals surface area contributed by atoms with Gasteiger partial charge in [-0.2, -0.15) is 0 Å². The van der Waals surface area contributed by atoms with Gasteiger partial charge in [0.2, 0.25) is 5.91 Å². The molecule has 1 aromatic carbocycles. The average molecular weight is 334 g/mol. The predicted octanol–water partition coefficient (Wildman–Crippen LogP) is 2.18. The van der Waals surface area contributed by atoms with Gasteiger partial charge in [0.25, 0.3) is 5.91 Å². The smallest absolute Gasteiger partial charge is 0.258 e. The van der Waals surface area contributed by atoms with Crippen LogP contribution in [0.1, 0.15) is 36.5 Å². The van der Waals surface area contributed by atoms with Gasteiger partial charge in [-0.1, -0.05) is 25.8 Å². The number of benzene rings is 1. The van der Waals surface area contributed by atoms with Crippen molar-refractivity contribution in [2.75, 3.05) is 34.4 Å². The summed E-state index contributed by atoms with van der Waals surface area (Å²) >= 11 is 0. The van der Waals surface area contributed by atoms with Crippen LogP contribution in [-0.2, 0) is 4.79 Å². The zero-order valence-electron chi connectivity index (χ0n) is 14.9. The maximum Gasteiger partial charge on any atom is 0.258 e. The van der Waals surface area contributed by atoms with Gasteiger partial charge in [0.05, 0.1) is 19.8 Å². The molecule has 0 aliphatic carbocycles. The Hall–Kier alpha value is -2.24. The summed E-state index contributed by atoms with van der Waals surface area (Å²) < 4.78 is 10.6. The van der Waals surface area contributed by atoms with Gasteiger partial charge in [0.15, 0.2) is 11.5 Å². The number of likely N-dealkylation sites (N-methyl/N-ethyl adjacent to an activating group) is 1. The fourth-order valence-electron chi connectivity index (χ4n) is 3.04. The van der Waals surface area contributed by atoms with Crippen LogP contribution in [0.25, 0.3) is 0 Å². The number of carbonyl (C=O) groups excluding carboxylic acids is 2. The second-order valence-electron chi connectivity index (χ2n) is 5.96. The number of unbranched alkanes of at least 4 members (excludes halogenated alkanes) is 1. The van der Waals surface area contributed by atoms with E-state index in [0.29, 0.717) is 36.6 Å². The maximum absolute atomic E-state index is 13.1. The van der Waals surface area contributed by atoms with Crippen LogP contribution in [0, 0.1) is 0 Å². The molecule has 1 heterocycles. The summed E-state index contributed by atoms with van der Waals surface area (Å²) in [6.45, 7) is 3.14. The second kappa shape index (κ2) is 8.04. The molecule has 2 rings (SSSR count). The molecule has 2 amide bonds. The van der Waals surface area contributed by atoms with Crippen LogP contribution in [0.4, 0.5) is 0 Å². The van der Waals surface area contributed by atoms with Gasteiger partial charge in [-0.25, -0.2) is 0 Å². The Balaban J connectivity index is 2.34. The summed E-state index contributed by atoms with van der Waals surface area (Å²) in [4.78, 5) is 29.0. The number of amides is 2. The fourth-order valence-corrected chi connectivity index (χ4v) is 3.04. The Morgan fingerprint density at radius 3 is 2.62 bits per heavy atom. The molecule has 0 aromatic heterocycles. The minimum atomic E-state index is -0.410. The van der Waals surface area contributed by atoms with E-state index in [4.69, 9.17) is 9.47 Å². The number of methoxy groups -OCH3 is 2. The Bertz CT molecular complexity index is 603. The molecular formula is C18H26N2O4. The third-order valence-corrected chi connectivity index (χ3v) is 4.44. The van der Waals surface area contributed by atoms with E-state index in [2.05, 4.69) is 6.92 Å². The van der Waals surface area contributed by atoms with E-state index in [-0.39, 0.29) is 11.8 Å². The number of nitrogens with zero attached hydrogens (tertiary/aromatic N) is 2. The lowest BCUT2D eigenvalue weighted by atomic mass is 10.0. The number of carbonyl (C=O) groups is 2. The molecule has 24 heavy (non-hydrogen) atoms. The Morgan fingerprint density at radius 1 is 1.25 bits per heavy atom. The minimum Gasteiger partial charge on any atom is -0.493 e. The second-order valence-corrected chi connectivity index (χ2v) is 5.96. The third-order valence-electron chi connectivity index (χ3n) is 4.44. The molecule has 6 heteroatoms. The van der Waals surface area contributed by atoms with Crippen molar-refractivity contribution in [1.82, 2.24) is 9.80 Å². The summed E-state index contributed by atoms with van der Waals surface area (Å²) in [7, 11) is 4.84. The Morgan fingerprint density at radius 2 is 2.00 bits per heavy atom. The Kier molecular flexibility index (Phi) is 6.06. The predicted molar refractivity (Wildman–Crippen MR) is 91.5 cm³/mol. The van der Waals surface area contributed by atoms with Gasteiger partial charge in [0, 0.05) is 20.1 Å². The maximum atomic E-state index is 13.1. The van der Waals surface area contributed by atoms with E-state index in [1.807, 2.05) is 0 Å². The molecule has 1 atom stereocenters. The summed E-state index contributed by atoms with van der Waals surface area (Å²) in [5.41, 5.74) is 0.427. The Labute approximate surface area is 143 Å². The molecule has 1 saturated heterocycles. The van der Waals surface area contributed by atoms with Crippen LogP contribution in [-0.4, -0.2) is 62.0 Å². The molecule has 1 aromatic rings. The topological polar surface area (TPSA) is 59.1 Å². The van der Waals surface area contributed by atoms with Crippen LogP contribution >= 0.6 is 0 Å². The molecular weight excluding hydrogens is 308 g/mol. The fraction of sp³-hybridized carbons (Fsp3) is 0.556. The normalized spacial score (nSPS) is 17.8. The number of ether oxygens (including phenoxy) is 2. The highest BCUT2D eigenvalue weighted by Crippen LogP contribution is 2.32. The van der Waals surface area contributed by atoms with Crippen LogP contribution in [0.5, 0.6) is 11.5 Å². The van der Waals surface area contributed by atoms with E-state index in [1.54, 1.807) is 35.0 Å². The number of hydrogen-bond acceptors (Lipinski definition) is 4. The van der Waals surface area contributed by atoms with Crippen molar-refractivity contribution in [3.8, 4) is 11.5 Å². The first-order chi connectivity index (χ1) is 11.5. The number of hydrogen-bond donors (Lipinski definition) is 0. The van der Waals surface area contributed by atoms with Gasteiger partial charge in [-0.05, 0) is 18.6 Å². The minimum absolute atomic E-state index is 0.00455. The van der Waals surface area contributed by atoms with Crippen LogP contribution < -0.4 is 9.47 Å². The van der Waals surface area contributed by atoms with Gasteiger partial charge >= 0.3 is 0 Å². The molecule has 0 radical (unpaired) electrons. The monoisotopic (exact) mass is 334 g/mol. The van der Waals surface area contributed by atoms with Crippen LogP contribution in [0.2, 0.25) is 0 Å². The average Bonchev–Trinajstić information content (AvgIpc) is 2.61. The van der Waals surface area contributed by atoms with Crippen molar-refractivity contribution in [2.45, 2.75) is 32.2 Å². The summed E-state index contributed by atoms with van der Waals surface area (Å²) in [5, 5.41) is 0. The van der Waals surface area contributed by atoms with Crippen molar-refractivity contribution in [2.24, 2.45) is 0 Å². The number of piperazine rings is 1. The van der Waals surface area contributed by atoms with Crippen molar-refractivity contribution >= 4 is 11.8 Å². The summed E-state index contributed by atoms with van der Waals surface area (Å²) in [5.74, 6) is 0.734. The van der Waals surface area contributed by atoms with Gasteiger partial charge in [0.1, 0.15) is 6.04 Å². The highest BCUT2D eigenvalue weighted by Gasteiger charge is 2.36.